The molecule has 2 aromatic rings. The molecule has 138 valence electrons. The number of rotatable bonds is 5. The van der Waals surface area contributed by atoms with Gasteiger partial charge in [0.05, 0.1) is 7.11 Å². The fraction of sp³-hybridized carbons (Fsp3) is 0.389. The van der Waals surface area contributed by atoms with Crippen molar-refractivity contribution < 1.29 is 9.53 Å². The van der Waals surface area contributed by atoms with Crippen LogP contribution in [0.15, 0.2) is 30.3 Å². The van der Waals surface area contributed by atoms with Gasteiger partial charge in [-0.05, 0) is 30.5 Å². The molecule has 0 bridgehead atoms. The predicted octanol–water partition coefficient (Wildman–Crippen LogP) is 2.25. The number of methoxy groups -OCH3 is 1. The molecule has 1 amide bonds. The zero-order valence-corrected chi connectivity index (χ0v) is 15.4. The zero-order chi connectivity index (χ0) is 18.5. The Kier molecular flexibility index (Phi) is 5.78. The van der Waals surface area contributed by atoms with Crippen molar-refractivity contribution in [2.45, 2.75) is 19.4 Å². The minimum absolute atomic E-state index is 0.000783. The molecule has 0 atom stereocenters. The maximum absolute atomic E-state index is 12.4. The molecular weight excluding hydrogens is 354 g/mol. The zero-order valence-electron chi connectivity index (χ0n) is 14.6. The SMILES string of the molecule is COc1ccc(CNC(=O)C2CCN(c3cc(Cl)nc(N)n3)CC2)cc1. The molecule has 26 heavy (non-hydrogen) atoms. The normalized spacial score (nSPS) is 14.9. The molecule has 0 radical (unpaired) electrons. The summed E-state index contributed by atoms with van der Waals surface area (Å²) in [6.07, 6.45) is 1.52. The average molecular weight is 376 g/mol. The number of nitrogen functional groups attached to an aromatic ring is 1. The number of halogens is 1. The molecular formula is C18H22ClN5O2. The van der Waals surface area contributed by atoms with Gasteiger partial charge >= 0.3 is 0 Å². The summed E-state index contributed by atoms with van der Waals surface area (Å²) in [6.45, 7) is 1.97. The minimum atomic E-state index is -0.000783. The highest BCUT2D eigenvalue weighted by Crippen LogP contribution is 2.24. The Bertz CT molecular complexity index is 740. The van der Waals surface area contributed by atoms with Crippen LogP contribution >= 0.6 is 11.6 Å². The van der Waals surface area contributed by atoms with Gasteiger partial charge in [0.25, 0.3) is 0 Å². The van der Waals surface area contributed by atoms with Crippen LogP contribution in [0.3, 0.4) is 0 Å². The number of amides is 1. The van der Waals surface area contributed by atoms with Crippen molar-refractivity contribution in [1.29, 1.82) is 0 Å². The lowest BCUT2D eigenvalue weighted by Crippen LogP contribution is -2.40. The molecule has 1 fully saturated rings. The molecule has 2 heterocycles. The average Bonchev–Trinajstić information content (AvgIpc) is 2.66. The minimum Gasteiger partial charge on any atom is -0.497 e. The Morgan fingerprint density at radius 2 is 2.00 bits per heavy atom. The van der Waals surface area contributed by atoms with Gasteiger partial charge in [0.15, 0.2) is 0 Å². The monoisotopic (exact) mass is 375 g/mol. The largest absolute Gasteiger partial charge is 0.497 e. The second-order valence-electron chi connectivity index (χ2n) is 6.23. The van der Waals surface area contributed by atoms with Crippen LogP contribution in [0.2, 0.25) is 5.15 Å². The predicted molar refractivity (Wildman–Crippen MR) is 101 cm³/mol. The van der Waals surface area contributed by atoms with Gasteiger partial charge in [0.2, 0.25) is 11.9 Å². The quantitative estimate of drug-likeness (QED) is 0.778. The maximum Gasteiger partial charge on any atom is 0.223 e. The number of carbonyl (C=O) groups is 1. The molecule has 7 nitrogen and oxygen atoms in total. The van der Waals surface area contributed by atoms with E-state index in [1.165, 1.54) is 0 Å². The summed E-state index contributed by atoms with van der Waals surface area (Å²) in [5, 5.41) is 3.34. The first-order chi connectivity index (χ1) is 12.5. The first-order valence-corrected chi connectivity index (χ1v) is 8.88. The molecule has 0 saturated carbocycles. The van der Waals surface area contributed by atoms with Gasteiger partial charge in [-0.15, -0.1) is 0 Å². The number of piperidine rings is 1. The van der Waals surface area contributed by atoms with Gasteiger partial charge in [0.1, 0.15) is 16.7 Å². The Morgan fingerprint density at radius 3 is 2.62 bits per heavy atom. The van der Waals surface area contributed by atoms with E-state index in [1.807, 2.05) is 24.3 Å². The van der Waals surface area contributed by atoms with E-state index in [1.54, 1.807) is 13.2 Å². The van der Waals surface area contributed by atoms with Gasteiger partial charge in [-0.2, -0.15) is 4.98 Å². The lowest BCUT2D eigenvalue weighted by atomic mass is 9.96. The summed E-state index contributed by atoms with van der Waals surface area (Å²) < 4.78 is 5.13. The van der Waals surface area contributed by atoms with E-state index in [9.17, 15) is 4.79 Å². The fourth-order valence-electron chi connectivity index (χ4n) is 3.03. The Hall–Kier alpha value is -2.54. The fourth-order valence-corrected chi connectivity index (χ4v) is 3.22. The van der Waals surface area contributed by atoms with E-state index in [0.29, 0.717) is 17.5 Å². The standard InChI is InChI=1S/C18H22ClN5O2/c1-26-14-4-2-12(3-5-14)11-21-17(25)13-6-8-24(9-7-13)16-10-15(19)22-18(20)23-16/h2-5,10,13H,6-9,11H2,1H3,(H,21,25)(H2,20,22,23). The van der Waals surface area contributed by atoms with E-state index in [2.05, 4.69) is 20.2 Å². The van der Waals surface area contributed by atoms with Crippen LogP contribution in [0.4, 0.5) is 11.8 Å². The van der Waals surface area contributed by atoms with Crippen LogP contribution in [0.5, 0.6) is 5.75 Å². The second-order valence-corrected chi connectivity index (χ2v) is 6.62. The highest BCUT2D eigenvalue weighted by Gasteiger charge is 2.25. The van der Waals surface area contributed by atoms with Crippen molar-refractivity contribution >= 4 is 29.3 Å². The van der Waals surface area contributed by atoms with Crippen molar-refractivity contribution in [1.82, 2.24) is 15.3 Å². The van der Waals surface area contributed by atoms with Crippen LogP contribution in [0, 0.1) is 5.92 Å². The van der Waals surface area contributed by atoms with Crippen molar-refractivity contribution in [3.05, 3.63) is 41.0 Å². The van der Waals surface area contributed by atoms with Crippen LogP contribution in [0.1, 0.15) is 18.4 Å². The van der Waals surface area contributed by atoms with Crippen LogP contribution in [-0.2, 0) is 11.3 Å². The van der Waals surface area contributed by atoms with Gasteiger partial charge < -0.3 is 20.7 Å². The van der Waals surface area contributed by atoms with E-state index in [4.69, 9.17) is 22.1 Å². The summed E-state index contributed by atoms with van der Waals surface area (Å²) >= 11 is 5.94. The Balaban J connectivity index is 1.50. The molecule has 3 N–H and O–H groups in total. The molecule has 1 aliphatic rings. The van der Waals surface area contributed by atoms with Gasteiger partial charge in [0, 0.05) is 31.6 Å². The molecule has 3 rings (SSSR count). The molecule has 1 aromatic carbocycles. The summed E-state index contributed by atoms with van der Waals surface area (Å²) in [6, 6.07) is 9.37. The summed E-state index contributed by atoms with van der Waals surface area (Å²) in [5.74, 6) is 1.75. The molecule has 1 aliphatic heterocycles. The first kappa shape index (κ1) is 18.3. The third-order valence-corrected chi connectivity index (χ3v) is 4.71. The number of carbonyl (C=O) groups excluding carboxylic acids is 1. The number of nitrogens with one attached hydrogen (secondary N) is 1. The molecule has 0 unspecified atom stereocenters. The summed E-state index contributed by atoms with van der Waals surface area (Å²) in [5.41, 5.74) is 6.69. The van der Waals surface area contributed by atoms with E-state index in [-0.39, 0.29) is 17.8 Å². The van der Waals surface area contributed by atoms with Crippen LogP contribution in [0.25, 0.3) is 0 Å². The van der Waals surface area contributed by atoms with Gasteiger partial charge in [-0.1, -0.05) is 23.7 Å². The second kappa shape index (κ2) is 8.23. The van der Waals surface area contributed by atoms with Crippen molar-refractivity contribution in [2.75, 3.05) is 30.8 Å². The lowest BCUT2D eigenvalue weighted by Gasteiger charge is -2.32. The number of nitrogens with zero attached hydrogens (tertiary/aromatic N) is 3. The van der Waals surface area contributed by atoms with E-state index >= 15 is 0 Å². The number of hydrogen-bond donors (Lipinski definition) is 2. The number of hydrogen-bond acceptors (Lipinski definition) is 6. The molecule has 0 spiro atoms. The Morgan fingerprint density at radius 1 is 1.31 bits per heavy atom. The van der Waals surface area contributed by atoms with Gasteiger partial charge in [-0.3, -0.25) is 4.79 Å². The number of ether oxygens (including phenoxy) is 1. The van der Waals surface area contributed by atoms with E-state index in [0.717, 1.165) is 37.2 Å². The maximum atomic E-state index is 12.4. The lowest BCUT2D eigenvalue weighted by molar-refractivity contribution is -0.125. The number of benzene rings is 1. The molecule has 1 saturated heterocycles. The number of anilines is 2. The molecule has 0 aliphatic carbocycles. The highest BCUT2D eigenvalue weighted by molar-refractivity contribution is 6.29. The van der Waals surface area contributed by atoms with Gasteiger partial charge in [-0.25, -0.2) is 4.98 Å². The van der Waals surface area contributed by atoms with Crippen molar-refractivity contribution in [3.63, 3.8) is 0 Å². The van der Waals surface area contributed by atoms with Crippen molar-refractivity contribution in [3.8, 4) is 5.75 Å². The third kappa shape index (κ3) is 4.54. The first-order valence-electron chi connectivity index (χ1n) is 8.51. The summed E-state index contributed by atoms with van der Waals surface area (Å²) in [4.78, 5) is 22.6. The highest BCUT2D eigenvalue weighted by atomic mass is 35.5. The van der Waals surface area contributed by atoms with Crippen LogP contribution < -0.4 is 20.7 Å². The Labute approximate surface area is 157 Å². The van der Waals surface area contributed by atoms with Crippen molar-refractivity contribution in [2.24, 2.45) is 5.92 Å². The smallest absolute Gasteiger partial charge is 0.223 e. The van der Waals surface area contributed by atoms with E-state index < -0.39 is 0 Å². The molecule has 1 aromatic heterocycles. The summed E-state index contributed by atoms with van der Waals surface area (Å²) in [7, 11) is 1.63. The number of nitrogens with two attached hydrogens (primary N) is 1. The van der Waals surface area contributed by atoms with Crippen LogP contribution in [-0.4, -0.2) is 36.1 Å². The number of aromatic nitrogens is 2. The molecule has 8 heteroatoms. The topological polar surface area (TPSA) is 93.4 Å². The third-order valence-electron chi connectivity index (χ3n) is 4.51.